The van der Waals surface area contributed by atoms with Gasteiger partial charge in [-0.2, -0.15) is 0 Å². The predicted molar refractivity (Wildman–Crippen MR) is 145 cm³/mol. The molecule has 3 aromatic carbocycles. The van der Waals surface area contributed by atoms with Crippen LogP contribution in [0, 0.1) is 5.92 Å². The Labute approximate surface area is 212 Å². The summed E-state index contributed by atoms with van der Waals surface area (Å²) >= 11 is 0. The molecule has 1 aliphatic rings. The summed E-state index contributed by atoms with van der Waals surface area (Å²) in [6, 6.07) is 24.6. The number of rotatable bonds is 8. The number of ketones is 1. The average Bonchev–Trinajstić information content (AvgIpc) is 3.23. The number of esters is 1. The lowest BCUT2D eigenvalue weighted by Crippen LogP contribution is -2.22. The molecule has 1 unspecified atom stereocenters. The summed E-state index contributed by atoms with van der Waals surface area (Å²) in [4.78, 5) is 26.2. The smallest absolute Gasteiger partial charge is 0.338 e. The molecule has 0 saturated carbocycles. The van der Waals surface area contributed by atoms with Gasteiger partial charge >= 0.3 is 5.97 Å². The van der Waals surface area contributed by atoms with Gasteiger partial charge < -0.3 is 9.30 Å². The van der Waals surface area contributed by atoms with Crippen molar-refractivity contribution in [2.24, 2.45) is 5.92 Å². The molecule has 5 rings (SSSR count). The minimum Gasteiger partial charge on any atom is -0.465 e. The third-order valence-corrected chi connectivity index (χ3v) is 7.43. The fraction of sp³-hybridized carbons (Fsp3) is 0.312. The molecule has 0 amide bonds. The minimum absolute atomic E-state index is 0.149. The lowest BCUT2D eigenvalue weighted by molar-refractivity contribution is 0.0603. The second kappa shape index (κ2) is 10.5. The molecule has 36 heavy (non-hydrogen) atoms. The van der Waals surface area contributed by atoms with Crippen molar-refractivity contribution in [2.75, 3.05) is 7.11 Å². The quantitative estimate of drug-likeness (QED) is 0.195. The molecule has 0 spiro atoms. The maximum Gasteiger partial charge on any atom is 0.338 e. The van der Waals surface area contributed by atoms with E-state index in [4.69, 9.17) is 4.74 Å². The van der Waals surface area contributed by atoms with Crippen LogP contribution in [0.15, 0.2) is 72.8 Å². The summed E-state index contributed by atoms with van der Waals surface area (Å²) in [6.07, 6.45) is 5.99. The molecule has 1 aromatic heterocycles. The van der Waals surface area contributed by atoms with E-state index in [1.54, 1.807) is 6.07 Å². The van der Waals surface area contributed by atoms with E-state index >= 15 is 0 Å². The van der Waals surface area contributed by atoms with Gasteiger partial charge in [-0.1, -0.05) is 80.8 Å². The lowest BCUT2D eigenvalue weighted by atomic mass is 9.82. The zero-order valence-corrected chi connectivity index (χ0v) is 21.1. The maximum absolute atomic E-state index is 13.5. The molecule has 4 heteroatoms. The fourth-order valence-corrected chi connectivity index (χ4v) is 5.69. The van der Waals surface area contributed by atoms with E-state index in [1.165, 1.54) is 36.6 Å². The number of nitrogens with zero attached hydrogens (tertiary/aromatic N) is 1. The van der Waals surface area contributed by atoms with E-state index in [2.05, 4.69) is 60.0 Å². The van der Waals surface area contributed by atoms with Crippen molar-refractivity contribution in [3.05, 3.63) is 95.2 Å². The average molecular weight is 480 g/mol. The van der Waals surface area contributed by atoms with Crippen molar-refractivity contribution in [3.63, 3.8) is 0 Å². The van der Waals surface area contributed by atoms with E-state index < -0.39 is 5.97 Å². The standard InChI is InChI=1S/C32H33NO3/c1-3-4-6-11-22-19-28-31(29(34)20-22)30-26(32(35)36-2)16-10-17-27(30)33(28)21-23-12-9-15-25(18-23)24-13-7-5-8-14-24/h5,7-10,12-18,22H,3-4,6,11,19-21H2,1-2H3. The van der Waals surface area contributed by atoms with Crippen molar-refractivity contribution < 1.29 is 14.3 Å². The number of methoxy groups -OCH3 is 1. The molecule has 1 atom stereocenters. The Morgan fingerprint density at radius 1 is 0.944 bits per heavy atom. The van der Waals surface area contributed by atoms with Gasteiger partial charge in [0.15, 0.2) is 5.78 Å². The number of fused-ring (bicyclic) bond motifs is 3. The highest BCUT2D eigenvalue weighted by atomic mass is 16.5. The van der Waals surface area contributed by atoms with Crippen LogP contribution in [0.3, 0.4) is 0 Å². The number of benzene rings is 3. The summed E-state index contributed by atoms with van der Waals surface area (Å²) in [5, 5.41) is 0.746. The molecular weight excluding hydrogens is 446 g/mol. The second-order valence-electron chi connectivity index (χ2n) is 9.86. The van der Waals surface area contributed by atoms with Gasteiger partial charge in [-0.15, -0.1) is 0 Å². The molecule has 0 fully saturated rings. The van der Waals surface area contributed by atoms with Crippen molar-refractivity contribution >= 4 is 22.7 Å². The minimum atomic E-state index is -0.399. The SMILES string of the molecule is CCCCCC1CC(=O)c2c(n(Cc3cccc(-c4ccccc4)c3)c3cccc(C(=O)OC)c23)C1. The van der Waals surface area contributed by atoms with Crippen LogP contribution >= 0.6 is 0 Å². The number of unbranched alkanes of at least 4 members (excludes halogenated alkanes) is 2. The summed E-state index contributed by atoms with van der Waals surface area (Å²) in [5.41, 5.74) is 6.69. The van der Waals surface area contributed by atoms with E-state index in [1.807, 2.05) is 18.2 Å². The monoisotopic (exact) mass is 479 g/mol. The number of ether oxygens (including phenoxy) is 1. The molecule has 184 valence electrons. The Morgan fingerprint density at radius 2 is 1.72 bits per heavy atom. The van der Waals surface area contributed by atoms with Crippen LogP contribution in [0.2, 0.25) is 0 Å². The van der Waals surface area contributed by atoms with Gasteiger partial charge in [0, 0.05) is 29.6 Å². The van der Waals surface area contributed by atoms with E-state index in [9.17, 15) is 9.59 Å². The van der Waals surface area contributed by atoms with Crippen molar-refractivity contribution in [1.82, 2.24) is 4.57 Å². The molecule has 4 aromatic rings. The Hall–Kier alpha value is -3.66. The summed E-state index contributed by atoms with van der Waals surface area (Å²) in [6.45, 7) is 2.85. The number of carbonyl (C=O) groups is 2. The Bertz CT molecular complexity index is 1400. The van der Waals surface area contributed by atoms with Crippen LogP contribution in [0.5, 0.6) is 0 Å². The van der Waals surface area contributed by atoms with E-state index in [0.717, 1.165) is 41.4 Å². The van der Waals surface area contributed by atoms with Gasteiger partial charge in [0.2, 0.25) is 0 Å². The summed E-state index contributed by atoms with van der Waals surface area (Å²) in [7, 11) is 1.39. The van der Waals surface area contributed by atoms with Crippen LogP contribution in [0.1, 0.15) is 71.0 Å². The number of Topliss-reactive ketones (excluding diaryl/α,β-unsaturated/α-hetero) is 1. The summed E-state index contributed by atoms with van der Waals surface area (Å²) in [5.74, 6) is 0.0947. The van der Waals surface area contributed by atoms with Crippen LogP contribution in [0.25, 0.3) is 22.0 Å². The summed E-state index contributed by atoms with van der Waals surface area (Å²) < 4.78 is 7.36. The van der Waals surface area contributed by atoms with E-state index in [-0.39, 0.29) is 5.78 Å². The zero-order chi connectivity index (χ0) is 25.1. The van der Waals surface area contributed by atoms with Gasteiger partial charge in [0.05, 0.1) is 18.2 Å². The normalized spacial score (nSPS) is 15.2. The zero-order valence-electron chi connectivity index (χ0n) is 21.1. The molecule has 0 saturated heterocycles. The van der Waals surface area contributed by atoms with Crippen molar-refractivity contribution in [3.8, 4) is 11.1 Å². The first-order chi connectivity index (χ1) is 17.6. The maximum atomic E-state index is 13.5. The molecule has 4 nitrogen and oxygen atoms in total. The third-order valence-electron chi connectivity index (χ3n) is 7.43. The number of carbonyl (C=O) groups excluding carboxylic acids is 2. The van der Waals surface area contributed by atoms with Crippen LogP contribution in [-0.4, -0.2) is 23.4 Å². The van der Waals surface area contributed by atoms with Crippen LogP contribution < -0.4 is 0 Å². The van der Waals surface area contributed by atoms with Gasteiger partial charge in [0.25, 0.3) is 0 Å². The first-order valence-electron chi connectivity index (χ1n) is 13.0. The van der Waals surface area contributed by atoms with Gasteiger partial charge in [0.1, 0.15) is 0 Å². The molecular formula is C32H33NO3. The van der Waals surface area contributed by atoms with Gasteiger partial charge in [-0.25, -0.2) is 4.79 Å². The van der Waals surface area contributed by atoms with Crippen LogP contribution in [-0.2, 0) is 17.7 Å². The first-order valence-corrected chi connectivity index (χ1v) is 13.0. The Balaban J connectivity index is 1.61. The first kappa shape index (κ1) is 24.1. The fourth-order valence-electron chi connectivity index (χ4n) is 5.69. The highest BCUT2D eigenvalue weighted by molar-refractivity contribution is 6.16. The lowest BCUT2D eigenvalue weighted by Gasteiger charge is -2.24. The predicted octanol–water partition coefficient (Wildman–Crippen LogP) is 7.47. The van der Waals surface area contributed by atoms with Gasteiger partial charge in [-0.3, -0.25) is 4.79 Å². The number of aromatic nitrogens is 1. The topological polar surface area (TPSA) is 48.3 Å². The van der Waals surface area contributed by atoms with Crippen molar-refractivity contribution in [1.29, 1.82) is 0 Å². The Morgan fingerprint density at radius 3 is 2.50 bits per heavy atom. The molecule has 0 N–H and O–H groups in total. The van der Waals surface area contributed by atoms with Crippen molar-refractivity contribution in [2.45, 2.75) is 52.0 Å². The number of hydrogen-bond donors (Lipinski definition) is 0. The van der Waals surface area contributed by atoms with E-state index in [0.29, 0.717) is 24.4 Å². The third kappa shape index (κ3) is 4.60. The largest absolute Gasteiger partial charge is 0.465 e. The van der Waals surface area contributed by atoms with Crippen LogP contribution in [0.4, 0.5) is 0 Å². The highest BCUT2D eigenvalue weighted by Crippen LogP contribution is 2.38. The molecule has 0 aliphatic heterocycles. The van der Waals surface area contributed by atoms with Gasteiger partial charge in [-0.05, 0) is 53.6 Å². The molecule has 1 aliphatic carbocycles. The molecule has 1 heterocycles. The highest BCUT2D eigenvalue weighted by Gasteiger charge is 2.33. The molecule has 0 bridgehead atoms. The Kier molecular flexibility index (Phi) is 7.04. The number of hydrogen-bond acceptors (Lipinski definition) is 3. The molecule has 0 radical (unpaired) electrons. The second-order valence-corrected chi connectivity index (χ2v) is 9.86.